The Kier molecular flexibility index (Phi) is 5.65. The highest BCUT2D eigenvalue weighted by Crippen LogP contribution is 2.17. The maximum Gasteiger partial charge on any atom is 0.118 e. The predicted octanol–water partition coefficient (Wildman–Crippen LogP) is 2.24. The normalized spacial score (nSPS) is 16.2. The van der Waals surface area contributed by atoms with Gasteiger partial charge in [0.15, 0.2) is 0 Å². The Bertz CT molecular complexity index is 364. The molecule has 96 valence electrons. The molecule has 0 heterocycles. The number of nitrogens with two attached hydrogens (primary N) is 1. The number of methoxy groups -OCH3 is 1. The van der Waals surface area contributed by atoms with Crippen molar-refractivity contribution >= 4 is 10.8 Å². The molecule has 4 heteroatoms. The summed E-state index contributed by atoms with van der Waals surface area (Å²) in [5, 5.41) is 0.208. The third-order valence-electron chi connectivity index (χ3n) is 2.91. The summed E-state index contributed by atoms with van der Waals surface area (Å²) in [5.74, 6) is 1.32. The van der Waals surface area contributed by atoms with Crippen LogP contribution >= 0.6 is 0 Å². The first-order valence-electron chi connectivity index (χ1n) is 5.85. The highest BCUT2D eigenvalue weighted by Gasteiger charge is 2.14. The van der Waals surface area contributed by atoms with Crippen molar-refractivity contribution < 1.29 is 8.95 Å². The smallest absolute Gasteiger partial charge is 0.118 e. The molecule has 0 saturated heterocycles. The first-order chi connectivity index (χ1) is 8.08. The van der Waals surface area contributed by atoms with Gasteiger partial charge in [0.1, 0.15) is 5.75 Å². The molecule has 17 heavy (non-hydrogen) atoms. The molecular formula is C13H21NO2S. The van der Waals surface area contributed by atoms with Crippen LogP contribution in [0.5, 0.6) is 5.75 Å². The van der Waals surface area contributed by atoms with E-state index in [-0.39, 0.29) is 11.3 Å². The van der Waals surface area contributed by atoms with Crippen molar-refractivity contribution in [3.05, 3.63) is 29.8 Å². The fraction of sp³-hybridized carbons (Fsp3) is 0.538. The van der Waals surface area contributed by atoms with Gasteiger partial charge >= 0.3 is 0 Å². The summed E-state index contributed by atoms with van der Waals surface area (Å²) < 4.78 is 17.0. The van der Waals surface area contributed by atoms with Gasteiger partial charge in [-0.2, -0.15) is 0 Å². The van der Waals surface area contributed by atoms with Crippen LogP contribution < -0.4 is 10.5 Å². The standard InChI is InChI=1S/C13H21NO2S/c1-4-10(2)17(15)9-13(14)11-5-7-12(16-3)8-6-11/h5-8,10,13H,4,9,14H2,1-3H3. The molecular weight excluding hydrogens is 234 g/mol. The van der Waals surface area contributed by atoms with Crippen molar-refractivity contribution in [1.29, 1.82) is 0 Å². The van der Waals surface area contributed by atoms with Gasteiger partial charge in [0.25, 0.3) is 0 Å². The molecule has 0 bridgehead atoms. The van der Waals surface area contributed by atoms with Gasteiger partial charge in [-0.15, -0.1) is 0 Å². The van der Waals surface area contributed by atoms with Crippen LogP contribution in [0.4, 0.5) is 0 Å². The lowest BCUT2D eigenvalue weighted by atomic mass is 10.1. The maximum absolute atomic E-state index is 11.9. The van der Waals surface area contributed by atoms with E-state index in [1.807, 2.05) is 38.1 Å². The second kappa shape index (κ2) is 6.77. The van der Waals surface area contributed by atoms with E-state index in [1.54, 1.807) is 7.11 Å². The molecule has 0 aliphatic heterocycles. The Labute approximate surface area is 106 Å². The summed E-state index contributed by atoms with van der Waals surface area (Å²) in [6.45, 7) is 4.04. The average molecular weight is 255 g/mol. The second-order valence-corrected chi connectivity index (χ2v) is 6.05. The molecule has 2 N–H and O–H groups in total. The third-order valence-corrected chi connectivity index (χ3v) is 4.83. The van der Waals surface area contributed by atoms with Gasteiger partial charge in [-0.25, -0.2) is 0 Å². The number of rotatable bonds is 6. The first-order valence-corrected chi connectivity index (χ1v) is 7.23. The van der Waals surface area contributed by atoms with Gasteiger partial charge in [-0.1, -0.05) is 26.0 Å². The lowest BCUT2D eigenvalue weighted by Gasteiger charge is -2.15. The lowest BCUT2D eigenvalue weighted by molar-refractivity contribution is 0.414. The second-order valence-electron chi connectivity index (χ2n) is 4.15. The highest BCUT2D eigenvalue weighted by molar-refractivity contribution is 7.85. The van der Waals surface area contributed by atoms with Crippen molar-refractivity contribution in [2.45, 2.75) is 31.6 Å². The Morgan fingerprint density at radius 1 is 1.35 bits per heavy atom. The zero-order valence-electron chi connectivity index (χ0n) is 10.7. The van der Waals surface area contributed by atoms with Crippen LogP contribution in [0, 0.1) is 0 Å². The molecule has 0 saturated carbocycles. The largest absolute Gasteiger partial charge is 0.497 e. The molecule has 3 nitrogen and oxygen atoms in total. The summed E-state index contributed by atoms with van der Waals surface area (Å²) in [4.78, 5) is 0. The maximum atomic E-state index is 11.9. The molecule has 0 aliphatic carbocycles. The number of hydrogen-bond donors (Lipinski definition) is 1. The molecule has 1 aromatic carbocycles. The van der Waals surface area contributed by atoms with Gasteiger partial charge in [-0.05, 0) is 24.1 Å². The zero-order chi connectivity index (χ0) is 12.8. The average Bonchev–Trinajstić information content (AvgIpc) is 2.37. The van der Waals surface area contributed by atoms with Crippen molar-refractivity contribution in [3.63, 3.8) is 0 Å². The van der Waals surface area contributed by atoms with E-state index in [2.05, 4.69) is 0 Å². The van der Waals surface area contributed by atoms with Crippen LogP contribution in [0.1, 0.15) is 31.9 Å². The third kappa shape index (κ3) is 4.13. The van der Waals surface area contributed by atoms with Gasteiger partial charge in [-0.3, -0.25) is 4.21 Å². The minimum absolute atomic E-state index is 0.171. The summed E-state index contributed by atoms with van der Waals surface area (Å²) in [6.07, 6.45) is 0.919. The summed E-state index contributed by atoms with van der Waals surface area (Å²) in [6, 6.07) is 7.44. The minimum atomic E-state index is -0.859. The predicted molar refractivity (Wildman–Crippen MR) is 72.7 cm³/mol. The van der Waals surface area contributed by atoms with E-state index >= 15 is 0 Å². The van der Waals surface area contributed by atoms with Gasteiger partial charge in [0.2, 0.25) is 0 Å². The van der Waals surface area contributed by atoms with Gasteiger partial charge in [0.05, 0.1) is 7.11 Å². The molecule has 0 aromatic heterocycles. The fourth-order valence-electron chi connectivity index (χ4n) is 1.47. The van der Waals surface area contributed by atoms with Gasteiger partial charge in [0, 0.05) is 27.8 Å². The molecule has 1 rings (SSSR count). The topological polar surface area (TPSA) is 52.3 Å². The number of benzene rings is 1. The number of hydrogen-bond acceptors (Lipinski definition) is 3. The van der Waals surface area contributed by atoms with Crippen LogP contribution in [-0.2, 0) is 10.8 Å². The van der Waals surface area contributed by atoms with E-state index in [0.29, 0.717) is 5.75 Å². The quantitative estimate of drug-likeness (QED) is 0.848. The van der Waals surface area contributed by atoms with Crippen LogP contribution in [-0.4, -0.2) is 22.3 Å². The fourth-order valence-corrected chi connectivity index (χ4v) is 2.72. The van der Waals surface area contributed by atoms with Crippen LogP contribution in [0.2, 0.25) is 0 Å². The zero-order valence-corrected chi connectivity index (χ0v) is 11.5. The van der Waals surface area contributed by atoms with E-state index in [4.69, 9.17) is 10.5 Å². The molecule has 0 amide bonds. The van der Waals surface area contributed by atoms with Crippen molar-refractivity contribution in [3.8, 4) is 5.75 Å². The highest BCUT2D eigenvalue weighted by atomic mass is 32.2. The van der Waals surface area contributed by atoms with Crippen LogP contribution in [0.3, 0.4) is 0 Å². The molecule has 3 atom stereocenters. The minimum Gasteiger partial charge on any atom is -0.497 e. The monoisotopic (exact) mass is 255 g/mol. The SMILES string of the molecule is CCC(C)S(=O)CC(N)c1ccc(OC)cc1. The Morgan fingerprint density at radius 3 is 2.41 bits per heavy atom. The van der Waals surface area contributed by atoms with E-state index in [0.717, 1.165) is 17.7 Å². The van der Waals surface area contributed by atoms with E-state index in [1.165, 1.54) is 0 Å². The summed E-state index contributed by atoms with van der Waals surface area (Å²) in [5.41, 5.74) is 7.05. The molecule has 0 radical (unpaired) electrons. The Balaban J connectivity index is 2.63. The Morgan fingerprint density at radius 2 is 1.94 bits per heavy atom. The molecule has 0 fully saturated rings. The Hall–Kier alpha value is -0.870. The van der Waals surface area contributed by atoms with Crippen molar-refractivity contribution in [2.24, 2.45) is 5.73 Å². The molecule has 1 aromatic rings. The summed E-state index contributed by atoms with van der Waals surface area (Å²) in [7, 11) is 0.773. The lowest BCUT2D eigenvalue weighted by Crippen LogP contribution is -2.23. The van der Waals surface area contributed by atoms with Crippen molar-refractivity contribution in [2.75, 3.05) is 12.9 Å². The van der Waals surface area contributed by atoms with E-state index < -0.39 is 10.8 Å². The first kappa shape index (κ1) is 14.2. The molecule has 0 spiro atoms. The van der Waals surface area contributed by atoms with Crippen molar-refractivity contribution in [1.82, 2.24) is 0 Å². The summed E-state index contributed by atoms with van der Waals surface area (Å²) >= 11 is 0. The van der Waals surface area contributed by atoms with Crippen LogP contribution in [0.15, 0.2) is 24.3 Å². The number of ether oxygens (including phenoxy) is 1. The molecule has 3 unspecified atom stereocenters. The van der Waals surface area contributed by atoms with Crippen LogP contribution in [0.25, 0.3) is 0 Å². The van der Waals surface area contributed by atoms with E-state index in [9.17, 15) is 4.21 Å². The molecule has 0 aliphatic rings. The van der Waals surface area contributed by atoms with Gasteiger partial charge < -0.3 is 10.5 Å².